The van der Waals surface area contributed by atoms with Crippen LogP contribution in [-0.4, -0.2) is 111 Å². The second-order valence-electron chi connectivity index (χ2n) is 10.8. The van der Waals surface area contributed by atoms with Gasteiger partial charge in [0.25, 0.3) is 11.6 Å². The highest BCUT2D eigenvalue weighted by Crippen LogP contribution is 2.31. The number of thioether (sulfide) groups is 2. The molecule has 2 fully saturated rings. The molecule has 0 radical (unpaired) electrons. The number of carbonyl (C=O) groups is 5. The standard InChI is InChI=1S/C28H40N6O9S2/c1-17(43-19(3)35)25-12-29-9-10-33(25)31-26(37)13-30-27(38)18(2)44-16-23-11-24(45-20(4)36)14-32(23)28(39)42-15-21-5-7-22(8-6-21)34(40)41/h5-8,17-18,23-25,29H,9-16H2,1-4H3,(H,30,38)(H,31,37). The lowest BCUT2D eigenvalue weighted by atomic mass is 10.1. The molecule has 3 amide bonds. The average Bonchev–Trinajstić information content (AvgIpc) is 3.39. The van der Waals surface area contributed by atoms with Crippen molar-refractivity contribution in [2.75, 3.05) is 38.5 Å². The Kier molecular flexibility index (Phi) is 13.9. The molecule has 3 rings (SSSR count). The number of nitro groups is 1. The first-order valence-electron chi connectivity index (χ1n) is 14.5. The minimum absolute atomic E-state index is 0.0634. The first-order chi connectivity index (χ1) is 21.3. The molecular weight excluding hydrogens is 628 g/mol. The van der Waals surface area contributed by atoms with Gasteiger partial charge in [0.2, 0.25) is 5.91 Å². The van der Waals surface area contributed by atoms with Crippen LogP contribution in [0.2, 0.25) is 0 Å². The molecule has 1 aromatic rings. The van der Waals surface area contributed by atoms with Crippen LogP contribution in [-0.2, 0) is 35.3 Å². The lowest BCUT2D eigenvalue weighted by Crippen LogP contribution is -2.63. The molecule has 0 saturated carbocycles. The number of piperazine rings is 1. The van der Waals surface area contributed by atoms with Gasteiger partial charge in [0.1, 0.15) is 12.7 Å². The highest BCUT2D eigenvalue weighted by atomic mass is 32.2. The van der Waals surface area contributed by atoms with Crippen LogP contribution in [0.25, 0.3) is 0 Å². The minimum Gasteiger partial charge on any atom is -0.461 e. The molecule has 0 bridgehead atoms. The quantitative estimate of drug-likeness (QED) is 0.156. The number of non-ortho nitro benzene ring substituents is 1. The molecule has 0 spiro atoms. The zero-order valence-corrected chi connectivity index (χ0v) is 27.3. The van der Waals surface area contributed by atoms with Gasteiger partial charge < -0.3 is 25.0 Å². The van der Waals surface area contributed by atoms with Gasteiger partial charge in [-0.2, -0.15) is 0 Å². The second kappa shape index (κ2) is 17.3. The van der Waals surface area contributed by atoms with Crippen LogP contribution < -0.4 is 16.1 Å². The molecule has 2 aliphatic heterocycles. The molecule has 1 aromatic carbocycles. The van der Waals surface area contributed by atoms with Crippen LogP contribution in [0.5, 0.6) is 0 Å². The van der Waals surface area contributed by atoms with E-state index in [1.165, 1.54) is 49.9 Å². The fraction of sp³-hybridized carbons (Fsp3) is 0.607. The molecule has 0 aromatic heterocycles. The third-order valence-corrected chi connectivity index (χ3v) is 9.53. The van der Waals surface area contributed by atoms with E-state index < -0.39 is 34.2 Å². The van der Waals surface area contributed by atoms with E-state index in [0.29, 0.717) is 43.9 Å². The summed E-state index contributed by atoms with van der Waals surface area (Å²) in [5.74, 6) is -0.769. The Morgan fingerprint density at radius 1 is 1.16 bits per heavy atom. The lowest BCUT2D eigenvalue weighted by Gasteiger charge is -2.38. The van der Waals surface area contributed by atoms with Crippen LogP contribution in [0, 0.1) is 10.1 Å². The number of amides is 3. The van der Waals surface area contributed by atoms with Crippen molar-refractivity contribution >= 4 is 58.2 Å². The molecule has 45 heavy (non-hydrogen) atoms. The third-order valence-electron chi connectivity index (χ3n) is 7.23. The van der Waals surface area contributed by atoms with Gasteiger partial charge in [-0.3, -0.25) is 34.7 Å². The van der Waals surface area contributed by atoms with E-state index in [0.717, 1.165) is 11.8 Å². The molecule has 2 heterocycles. The van der Waals surface area contributed by atoms with Gasteiger partial charge in [-0.1, -0.05) is 11.8 Å². The molecule has 248 valence electrons. The van der Waals surface area contributed by atoms with Gasteiger partial charge in [-0.15, -0.1) is 11.8 Å². The molecule has 3 N–H and O–H groups in total. The van der Waals surface area contributed by atoms with Crippen LogP contribution >= 0.6 is 23.5 Å². The van der Waals surface area contributed by atoms with E-state index in [1.54, 1.807) is 23.8 Å². The van der Waals surface area contributed by atoms with Crippen molar-refractivity contribution in [3.05, 3.63) is 39.9 Å². The Balaban J connectivity index is 1.49. The summed E-state index contributed by atoms with van der Waals surface area (Å²) in [6.45, 7) is 7.89. The number of hydrogen-bond acceptors (Lipinski definition) is 13. The van der Waals surface area contributed by atoms with Crippen molar-refractivity contribution in [1.29, 1.82) is 0 Å². The number of likely N-dealkylation sites (tertiary alicyclic amines) is 1. The van der Waals surface area contributed by atoms with Gasteiger partial charge in [0.15, 0.2) is 5.12 Å². The number of hydrazine groups is 1. The van der Waals surface area contributed by atoms with Crippen LogP contribution in [0.3, 0.4) is 0 Å². The summed E-state index contributed by atoms with van der Waals surface area (Å²) in [6.07, 6.45) is -0.489. The third kappa shape index (κ3) is 11.5. The Hall–Kier alpha value is -3.41. The summed E-state index contributed by atoms with van der Waals surface area (Å²) in [4.78, 5) is 73.5. The zero-order valence-electron chi connectivity index (χ0n) is 25.7. The number of hydrogen-bond donors (Lipinski definition) is 3. The van der Waals surface area contributed by atoms with Gasteiger partial charge in [-0.25, -0.2) is 9.80 Å². The van der Waals surface area contributed by atoms with Crippen molar-refractivity contribution in [3.63, 3.8) is 0 Å². The topological polar surface area (TPSA) is 190 Å². The van der Waals surface area contributed by atoms with Crippen LogP contribution in [0.4, 0.5) is 10.5 Å². The number of nitro benzene ring substituents is 1. The van der Waals surface area contributed by atoms with E-state index in [4.69, 9.17) is 9.47 Å². The summed E-state index contributed by atoms with van der Waals surface area (Å²) in [5.41, 5.74) is 3.31. The average molecular weight is 669 g/mol. The monoisotopic (exact) mass is 668 g/mol. The maximum absolute atomic E-state index is 13.0. The van der Waals surface area contributed by atoms with Crippen LogP contribution in [0.15, 0.2) is 24.3 Å². The Morgan fingerprint density at radius 2 is 1.87 bits per heavy atom. The molecule has 2 aliphatic rings. The fourth-order valence-corrected chi connectivity index (χ4v) is 7.07. The van der Waals surface area contributed by atoms with Crippen molar-refractivity contribution in [3.8, 4) is 0 Å². The highest BCUT2D eigenvalue weighted by Gasteiger charge is 2.38. The predicted octanol–water partition coefficient (Wildman–Crippen LogP) is 1.45. The number of ether oxygens (including phenoxy) is 2. The Labute approximate surface area is 270 Å². The molecule has 5 atom stereocenters. The van der Waals surface area contributed by atoms with Gasteiger partial charge >= 0.3 is 12.1 Å². The number of esters is 1. The largest absolute Gasteiger partial charge is 0.461 e. The molecule has 5 unspecified atom stereocenters. The highest BCUT2D eigenvalue weighted by molar-refractivity contribution is 8.14. The summed E-state index contributed by atoms with van der Waals surface area (Å²) >= 11 is 2.48. The van der Waals surface area contributed by atoms with Crippen molar-refractivity contribution in [2.45, 2.75) is 69.4 Å². The first-order valence-corrected chi connectivity index (χ1v) is 16.4. The number of nitrogens with zero attached hydrogens (tertiary/aromatic N) is 3. The maximum atomic E-state index is 13.0. The number of nitrogens with one attached hydrogen (secondary N) is 3. The van der Waals surface area contributed by atoms with Gasteiger partial charge in [0, 0.05) is 69.2 Å². The Bertz CT molecular complexity index is 1240. The zero-order chi connectivity index (χ0) is 33.1. The minimum atomic E-state index is -0.575. The molecule has 15 nitrogen and oxygen atoms in total. The van der Waals surface area contributed by atoms with E-state index >= 15 is 0 Å². The molecule has 2 saturated heterocycles. The summed E-state index contributed by atoms with van der Waals surface area (Å²) in [5, 5.41) is 17.7. The fourth-order valence-electron chi connectivity index (χ4n) is 4.98. The van der Waals surface area contributed by atoms with Gasteiger partial charge in [0.05, 0.1) is 22.8 Å². The maximum Gasteiger partial charge on any atom is 0.410 e. The molecule has 17 heteroatoms. The van der Waals surface area contributed by atoms with Crippen molar-refractivity contribution in [2.24, 2.45) is 0 Å². The normalized spacial score (nSPS) is 21.3. The predicted molar refractivity (Wildman–Crippen MR) is 168 cm³/mol. The summed E-state index contributed by atoms with van der Waals surface area (Å²) in [7, 11) is 0. The SMILES string of the molecule is CC(=O)OC(C)C1CNCCN1NC(=O)CNC(=O)C(C)SCC1CC(SC(C)=O)CN1C(=O)OCc1ccc([N+](=O)[O-])cc1. The number of benzene rings is 1. The van der Waals surface area contributed by atoms with Crippen molar-refractivity contribution in [1.82, 2.24) is 26.0 Å². The van der Waals surface area contributed by atoms with E-state index in [9.17, 15) is 34.1 Å². The lowest BCUT2D eigenvalue weighted by molar-refractivity contribution is -0.384. The van der Waals surface area contributed by atoms with Gasteiger partial charge in [-0.05, 0) is 38.0 Å². The van der Waals surface area contributed by atoms with Crippen molar-refractivity contribution < 1.29 is 38.4 Å². The Morgan fingerprint density at radius 3 is 2.51 bits per heavy atom. The second-order valence-corrected chi connectivity index (χ2v) is 13.6. The summed E-state index contributed by atoms with van der Waals surface area (Å²) < 4.78 is 10.8. The van der Waals surface area contributed by atoms with E-state index in [1.807, 2.05) is 0 Å². The number of carbonyl (C=O) groups excluding carboxylic acids is 5. The van der Waals surface area contributed by atoms with Crippen LogP contribution in [0.1, 0.15) is 39.7 Å². The molecule has 0 aliphatic carbocycles. The van der Waals surface area contributed by atoms with E-state index in [-0.39, 0.29) is 47.2 Å². The van der Waals surface area contributed by atoms with E-state index in [2.05, 4.69) is 16.1 Å². The first kappa shape index (κ1) is 36.1. The molecular formula is C28H40N6O9S2. The smallest absolute Gasteiger partial charge is 0.410 e. The summed E-state index contributed by atoms with van der Waals surface area (Å²) in [6, 6.07) is 5.15. The number of rotatable bonds is 13.